The summed E-state index contributed by atoms with van der Waals surface area (Å²) >= 11 is 0. The van der Waals surface area contributed by atoms with Crippen molar-refractivity contribution in [3.63, 3.8) is 0 Å². The predicted molar refractivity (Wildman–Crippen MR) is 208 cm³/mol. The summed E-state index contributed by atoms with van der Waals surface area (Å²) < 4.78 is 24.8. The molecule has 2 heterocycles. The molecule has 0 amide bonds. The van der Waals surface area contributed by atoms with Crippen LogP contribution in [0, 0.1) is 0 Å². The van der Waals surface area contributed by atoms with Gasteiger partial charge in [-0.2, -0.15) is 0 Å². The molecule has 0 atom stereocenters. The van der Waals surface area contributed by atoms with Gasteiger partial charge < -0.3 is 28.1 Å². The third kappa shape index (κ3) is 6.10. The maximum atomic E-state index is 6.45. The van der Waals surface area contributed by atoms with Crippen molar-refractivity contribution >= 4 is 56.1 Å². The summed E-state index contributed by atoms with van der Waals surface area (Å²) in [7, 11) is 0. The van der Waals surface area contributed by atoms with Crippen molar-refractivity contribution in [2.24, 2.45) is 0 Å². The zero-order chi connectivity index (χ0) is 34.7. The Labute approximate surface area is 300 Å². The Bertz CT molecular complexity index is 2430. The lowest BCUT2D eigenvalue weighted by atomic mass is 10.1. The van der Waals surface area contributed by atoms with Gasteiger partial charge >= 0.3 is 0 Å². The second-order valence-corrected chi connectivity index (χ2v) is 12.2. The Morgan fingerprint density at radius 2 is 0.692 bits per heavy atom. The lowest BCUT2D eigenvalue weighted by molar-refractivity contribution is 0.460. The molecule has 9 aromatic rings. The van der Waals surface area contributed by atoms with Crippen LogP contribution in [0.5, 0.6) is 23.0 Å². The molecule has 52 heavy (non-hydrogen) atoms. The van der Waals surface area contributed by atoms with Crippen LogP contribution in [0.4, 0.5) is 34.1 Å². The van der Waals surface area contributed by atoms with E-state index in [-0.39, 0.29) is 0 Å². The first-order chi connectivity index (χ1) is 25.8. The van der Waals surface area contributed by atoms with E-state index in [0.717, 1.165) is 56.1 Å². The Morgan fingerprint density at radius 1 is 0.327 bits per heavy atom. The van der Waals surface area contributed by atoms with Crippen LogP contribution >= 0.6 is 0 Å². The highest BCUT2D eigenvalue weighted by Gasteiger charge is 2.20. The van der Waals surface area contributed by atoms with Crippen molar-refractivity contribution in [2.75, 3.05) is 9.80 Å². The monoisotopic (exact) mass is 676 g/mol. The van der Waals surface area contributed by atoms with Crippen LogP contribution in [0.1, 0.15) is 0 Å². The first-order valence-corrected chi connectivity index (χ1v) is 17.1. The number of para-hydroxylation sites is 4. The summed E-state index contributed by atoms with van der Waals surface area (Å²) in [6, 6.07) is 60.4. The largest absolute Gasteiger partial charge is 0.462 e. The molecule has 0 aliphatic rings. The van der Waals surface area contributed by atoms with Crippen molar-refractivity contribution in [1.82, 2.24) is 0 Å². The third-order valence-corrected chi connectivity index (χ3v) is 8.86. The van der Waals surface area contributed by atoms with Gasteiger partial charge in [0.25, 0.3) is 0 Å². The minimum atomic E-state index is 0.654. The highest BCUT2D eigenvalue weighted by molar-refractivity contribution is 5.97. The average Bonchev–Trinajstić information content (AvgIpc) is 3.81. The maximum absolute atomic E-state index is 6.45. The molecule has 2 aromatic heterocycles. The van der Waals surface area contributed by atoms with E-state index in [9.17, 15) is 0 Å². The highest BCUT2D eigenvalue weighted by atomic mass is 16.5. The zero-order valence-corrected chi connectivity index (χ0v) is 28.0. The molecular weight excluding hydrogens is 645 g/mol. The van der Waals surface area contributed by atoms with E-state index in [0.29, 0.717) is 23.0 Å². The van der Waals surface area contributed by atoms with Gasteiger partial charge in [-0.1, -0.05) is 78.9 Å². The summed E-state index contributed by atoms with van der Waals surface area (Å²) in [5, 5.41) is 2.05. The normalized spacial score (nSPS) is 11.1. The number of benzene rings is 7. The van der Waals surface area contributed by atoms with Crippen LogP contribution in [-0.4, -0.2) is 0 Å². The second-order valence-electron chi connectivity index (χ2n) is 12.2. The topological polar surface area (TPSA) is 51.2 Å². The number of anilines is 6. The molecular formula is C46H32N2O4. The minimum Gasteiger partial charge on any atom is -0.462 e. The van der Waals surface area contributed by atoms with Crippen molar-refractivity contribution in [1.29, 1.82) is 0 Å². The molecule has 0 bridgehead atoms. The Morgan fingerprint density at radius 3 is 1.15 bits per heavy atom. The lowest BCUT2D eigenvalue weighted by Crippen LogP contribution is -2.09. The molecule has 7 aromatic carbocycles. The fraction of sp³-hybridized carbons (Fsp3) is 0. The van der Waals surface area contributed by atoms with Crippen LogP contribution in [0.25, 0.3) is 21.9 Å². The summed E-state index contributed by atoms with van der Waals surface area (Å²) in [4.78, 5) is 4.35. The summed E-state index contributed by atoms with van der Waals surface area (Å²) in [6.45, 7) is 0. The molecule has 0 spiro atoms. The maximum Gasteiger partial charge on any atom is 0.136 e. The van der Waals surface area contributed by atoms with Gasteiger partial charge in [0.2, 0.25) is 0 Å². The van der Waals surface area contributed by atoms with E-state index >= 15 is 0 Å². The van der Waals surface area contributed by atoms with Crippen LogP contribution in [-0.2, 0) is 0 Å². The molecule has 0 radical (unpaired) electrons. The zero-order valence-electron chi connectivity index (χ0n) is 28.0. The molecule has 0 unspecified atom stereocenters. The van der Waals surface area contributed by atoms with E-state index in [1.807, 2.05) is 133 Å². The Balaban J connectivity index is 0.999. The standard InChI is InChI=1S/C46H32N2O4/c1-3-14-33(15-4-1)47(43-31-49-45-26-9-7-24-41(43)45)35-18-11-20-37(28-35)51-39-22-13-23-40(30-39)52-38-21-12-19-36(29-38)48(34-16-5-2-6-17-34)44-32-50-46-27-10-8-25-42(44)46/h1-32H. The lowest BCUT2D eigenvalue weighted by Gasteiger charge is -2.24. The number of fused-ring (bicyclic) bond motifs is 2. The molecule has 6 heteroatoms. The fourth-order valence-electron chi connectivity index (χ4n) is 6.53. The van der Waals surface area contributed by atoms with Gasteiger partial charge in [-0.3, -0.25) is 0 Å². The summed E-state index contributed by atoms with van der Waals surface area (Å²) in [6.07, 6.45) is 3.61. The number of hydrogen-bond acceptors (Lipinski definition) is 6. The van der Waals surface area contributed by atoms with Gasteiger partial charge in [0.1, 0.15) is 46.7 Å². The van der Waals surface area contributed by atoms with Crippen molar-refractivity contribution in [2.45, 2.75) is 0 Å². The number of furan rings is 2. The Kier molecular flexibility index (Phi) is 8.08. The van der Waals surface area contributed by atoms with Crippen LogP contribution in [0.2, 0.25) is 0 Å². The van der Waals surface area contributed by atoms with E-state index in [4.69, 9.17) is 18.3 Å². The molecule has 0 aliphatic carbocycles. The van der Waals surface area contributed by atoms with E-state index in [2.05, 4.69) is 58.3 Å². The quantitative estimate of drug-likeness (QED) is 0.144. The van der Waals surface area contributed by atoms with Gasteiger partial charge in [0.05, 0.1) is 11.4 Å². The van der Waals surface area contributed by atoms with Gasteiger partial charge in [0.15, 0.2) is 0 Å². The van der Waals surface area contributed by atoms with Crippen molar-refractivity contribution in [3.8, 4) is 23.0 Å². The van der Waals surface area contributed by atoms with Gasteiger partial charge in [-0.25, -0.2) is 0 Å². The number of hydrogen-bond donors (Lipinski definition) is 0. The fourth-order valence-corrected chi connectivity index (χ4v) is 6.53. The third-order valence-electron chi connectivity index (χ3n) is 8.86. The summed E-state index contributed by atoms with van der Waals surface area (Å²) in [5.41, 5.74) is 7.45. The molecule has 0 saturated heterocycles. The number of rotatable bonds is 10. The molecule has 6 nitrogen and oxygen atoms in total. The number of nitrogens with zero attached hydrogens (tertiary/aromatic N) is 2. The Hall–Kier alpha value is -7.18. The summed E-state index contributed by atoms with van der Waals surface area (Å²) in [5.74, 6) is 2.69. The molecule has 250 valence electrons. The first-order valence-electron chi connectivity index (χ1n) is 17.1. The molecule has 0 N–H and O–H groups in total. The van der Waals surface area contributed by atoms with E-state index in [1.54, 1.807) is 12.5 Å². The van der Waals surface area contributed by atoms with Crippen LogP contribution < -0.4 is 19.3 Å². The second kappa shape index (κ2) is 13.6. The highest BCUT2D eigenvalue weighted by Crippen LogP contribution is 2.43. The van der Waals surface area contributed by atoms with E-state index < -0.39 is 0 Å². The molecule has 0 saturated carbocycles. The molecule has 0 aliphatic heterocycles. The molecule has 0 fully saturated rings. The minimum absolute atomic E-state index is 0.654. The SMILES string of the molecule is c1ccc(N(c2cccc(Oc3cccc(Oc4cccc(N(c5ccccc5)c5coc6ccccc56)c4)c3)c2)c2coc3ccccc23)cc1. The average molecular weight is 677 g/mol. The van der Waals surface area contributed by atoms with Crippen LogP contribution in [0.15, 0.2) is 203 Å². The first kappa shape index (κ1) is 30.8. The van der Waals surface area contributed by atoms with Crippen molar-refractivity contribution in [3.05, 3.63) is 195 Å². The van der Waals surface area contributed by atoms with Crippen molar-refractivity contribution < 1.29 is 18.3 Å². The molecule has 9 rings (SSSR count). The van der Waals surface area contributed by atoms with Gasteiger partial charge in [-0.15, -0.1) is 0 Å². The number of ether oxygens (including phenoxy) is 2. The van der Waals surface area contributed by atoms with Gasteiger partial charge in [-0.05, 0) is 84.9 Å². The smallest absolute Gasteiger partial charge is 0.136 e. The van der Waals surface area contributed by atoms with Gasteiger partial charge in [0, 0.05) is 51.7 Å². The van der Waals surface area contributed by atoms with E-state index in [1.165, 1.54) is 0 Å². The van der Waals surface area contributed by atoms with Crippen LogP contribution in [0.3, 0.4) is 0 Å². The predicted octanol–water partition coefficient (Wildman–Crippen LogP) is 13.7.